The number of carbonyl (C=O) groups excluding carboxylic acids is 1. The average Bonchev–Trinajstić information content (AvgIpc) is 3.50. The molecule has 1 fully saturated rings. The van der Waals surface area contributed by atoms with Crippen molar-refractivity contribution in [3.8, 4) is 12.3 Å². The van der Waals surface area contributed by atoms with Gasteiger partial charge in [-0.2, -0.15) is 14.4 Å². The van der Waals surface area contributed by atoms with Gasteiger partial charge in [0.2, 0.25) is 0 Å². The van der Waals surface area contributed by atoms with E-state index in [9.17, 15) is 14.3 Å². The van der Waals surface area contributed by atoms with Crippen LogP contribution < -0.4 is 5.73 Å². The molecule has 1 aliphatic heterocycles. The molecule has 9 nitrogen and oxygen atoms in total. The summed E-state index contributed by atoms with van der Waals surface area (Å²) in [5.74, 6) is 1.98. The summed E-state index contributed by atoms with van der Waals surface area (Å²) in [6.45, 7) is 1.97. The summed E-state index contributed by atoms with van der Waals surface area (Å²) in [6.07, 6.45) is 23.4. The van der Waals surface area contributed by atoms with Crippen LogP contribution in [0.2, 0.25) is 0 Å². The maximum absolute atomic E-state index is 13.7. The highest BCUT2D eigenvalue weighted by Gasteiger charge is 2.49. The predicted molar refractivity (Wildman–Crippen MR) is 153 cm³/mol. The summed E-state index contributed by atoms with van der Waals surface area (Å²) < 4.78 is 26.5. The Morgan fingerprint density at radius 2 is 1.68 bits per heavy atom. The first kappa shape index (κ1) is 31.8. The van der Waals surface area contributed by atoms with Crippen LogP contribution in [0.25, 0.3) is 11.2 Å². The SMILES string of the molecule is C#C[C@]1(COC(=O)CCCCCCCCCCCCCCCCC)O[C@@H](n2cnc3c(N)nc(F)nc32)C[C@@H]1O. The van der Waals surface area contributed by atoms with Crippen LogP contribution in [0.5, 0.6) is 0 Å². The van der Waals surface area contributed by atoms with Crippen LogP contribution in [0.3, 0.4) is 0 Å². The predicted octanol–water partition coefficient (Wildman–Crippen LogP) is 6.00. The van der Waals surface area contributed by atoms with E-state index in [0.717, 1.165) is 19.3 Å². The largest absolute Gasteiger partial charge is 0.461 e. The minimum absolute atomic E-state index is 0.0811. The van der Waals surface area contributed by atoms with Crippen LogP contribution in [0.1, 0.15) is 122 Å². The molecular formula is C30H46FN5O4. The molecule has 0 amide bonds. The number of aliphatic hydroxyl groups is 1. The van der Waals surface area contributed by atoms with Crippen molar-refractivity contribution in [2.75, 3.05) is 12.3 Å². The first-order chi connectivity index (χ1) is 19.4. The summed E-state index contributed by atoms with van der Waals surface area (Å²) in [4.78, 5) is 23.7. The zero-order valence-corrected chi connectivity index (χ0v) is 24.0. The Labute approximate surface area is 237 Å². The molecule has 10 heteroatoms. The molecule has 0 radical (unpaired) electrons. The van der Waals surface area contributed by atoms with Crippen LogP contribution in [0, 0.1) is 18.4 Å². The molecule has 1 saturated heterocycles. The molecule has 0 aromatic carbocycles. The number of nitrogens with zero attached hydrogens (tertiary/aromatic N) is 4. The zero-order chi connectivity index (χ0) is 28.8. The van der Waals surface area contributed by atoms with Gasteiger partial charge in [-0.15, -0.1) is 6.42 Å². The summed E-state index contributed by atoms with van der Waals surface area (Å²) in [5, 5.41) is 10.7. The molecule has 2 aromatic heterocycles. The number of hydrogen-bond acceptors (Lipinski definition) is 8. The molecule has 0 saturated carbocycles. The normalized spacial score (nSPS) is 20.6. The van der Waals surface area contributed by atoms with Crippen molar-refractivity contribution < 1.29 is 23.8 Å². The average molecular weight is 560 g/mol. The van der Waals surface area contributed by atoms with Crippen molar-refractivity contribution in [3.63, 3.8) is 0 Å². The van der Waals surface area contributed by atoms with Gasteiger partial charge in [0, 0.05) is 12.8 Å². The van der Waals surface area contributed by atoms with Crippen molar-refractivity contribution in [2.45, 2.75) is 134 Å². The Hall–Kier alpha value is -2.77. The van der Waals surface area contributed by atoms with Gasteiger partial charge in [-0.1, -0.05) is 103 Å². The molecule has 3 heterocycles. The molecule has 0 aliphatic carbocycles. The number of ether oxygens (including phenoxy) is 2. The Morgan fingerprint density at radius 1 is 1.10 bits per heavy atom. The summed E-state index contributed by atoms with van der Waals surface area (Å²) in [7, 11) is 0. The van der Waals surface area contributed by atoms with Crippen molar-refractivity contribution in [1.29, 1.82) is 0 Å². The molecule has 3 atom stereocenters. The third-order valence-electron chi connectivity index (χ3n) is 7.72. The van der Waals surface area contributed by atoms with E-state index < -0.39 is 24.0 Å². The van der Waals surface area contributed by atoms with E-state index in [1.807, 2.05) is 0 Å². The minimum atomic E-state index is -1.52. The number of aromatic nitrogens is 4. The van der Waals surface area contributed by atoms with Gasteiger partial charge in [-0.3, -0.25) is 9.36 Å². The first-order valence-electron chi connectivity index (χ1n) is 15.0. The van der Waals surface area contributed by atoms with E-state index in [4.69, 9.17) is 21.6 Å². The molecule has 3 N–H and O–H groups in total. The van der Waals surface area contributed by atoms with Crippen molar-refractivity contribution in [3.05, 3.63) is 12.4 Å². The molecular weight excluding hydrogens is 513 g/mol. The molecule has 0 unspecified atom stereocenters. The zero-order valence-electron chi connectivity index (χ0n) is 24.0. The highest BCUT2D eigenvalue weighted by Crippen LogP contribution is 2.38. The quantitative estimate of drug-likeness (QED) is 0.0928. The number of unbranched alkanes of at least 4 members (excludes halogenated alkanes) is 14. The second-order valence-electron chi connectivity index (χ2n) is 10.9. The van der Waals surface area contributed by atoms with E-state index in [1.165, 1.54) is 87.9 Å². The smallest absolute Gasteiger partial charge is 0.312 e. The topological polar surface area (TPSA) is 125 Å². The summed E-state index contributed by atoms with van der Waals surface area (Å²) in [5.41, 5.74) is 4.54. The third kappa shape index (κ3) is 9.13. The molecule has 0 bridgehead atoms. The molecule has 40 heavy (non-hydrogen) atoms. The lowest BCUT2D eigenvalue weighted by molar-refractivity contribution is -0.156. The lowest BCUT2D eigenvalue weighted by Gasteiger charge is -2.26. The monoisotopic (exact) mass is 559 g/mol. The van der Waals surface area contributed by atoms with Crippen molar-refractivity contribution >= 4 is 23.0 Å². The van der Waals surface area contributed by atoms with E-state index in [0.29, 0.717) is 6.42 Å². The van der Waals surface area contributed by atoms with E-state index >= 15 is 0 Å². The molecule has 3 rings (SSSR count). The van der Waals surface area contributed by atoms with Gasteiger partial charge in [0.1, 0.15) is 18.9 Å². The molecule has 1 aliphatic rings. The number of esters is 1. The second kappa shape index (κ2) is 16.5. The maximum Gasteiger partial charge on any atom is 0.312 e. The van der Waals surface area contributed by atoms with Crippen molar-refractivity contribution in [1.82, 2.24) is 19.5 Å². The lowest BCUT2D eigenvalue weighted by Crippen LogP contribution is -2.43. The second-order valence-corrected chi connectivity index (χ2v) is 10.9. The first-order valence-corrected chi connectivity index (χ1v) is 15.0. The third-order valence-corrected chi connectivity index (χ3v) is 7.72. The number of fused-ring (bicyclic) bond motifs is 1. The van der Waals surface area contributed by atoms with Crippen LogP contribution in [-0.2, 0) is 14.3 Å². The number of imidazole rings is 1. The number of terminal acetylenes is 1. The molecule has 2 aromatic rings. The summed E-state index contributed by atoms with van der Waals surface area (Å²) >= 11 is 0. The number of nitrogens with two attached hydrogens (primary N) is 1. The number of rotatable bonds is 19. The number of hydrogen-bond donors (Lipinski definition) is 2. The maximum atomic E-state index is 13.7. The molecule has 222 valence electrons. The number of aliphatic hydroxyl groups excluding tert-OH is 1. The fraction of sp³-hybridized carbons (Fsp3) is 0.733. The Kier molecular flexibility index (Phi) is 13.1. The lowest BCUT2D eigenvalue weighted by atomic mass is 9.99. The van der Waals surface area contributed by atoms with Crippen LogP contribution in [-0.4, -0.2) is 48.9 Å². The van der Waals surface area contributed by atoms with Gasteiger partial charge in [-0.05, 0) is 6.42 Å². The van der Waals surface area contributed by atoms with E-state index in [-0.39, 0.29) is 36.0 Å². The van der Waals surface area contributed by atoms with Gasteiger partial charge in [-0.25, -0.2) is 4.98 Å². The van der Waals surface area contributed by atoms with Gasteiger partial charge in [0.15, 0.2) is 22.6 Å². The van der Waals surface area contributed by atoms with Gasteiger partial charge < -0.3 is 20.3 Å². The Morgan fingerprint density at radius 3 is 2.25 bits per heavy atom. The van der Waals surface area contributed by atoms with Crippen LogP contribution in [0.15, 0.2) is 6.33 Å². The highest BCUT2D eigenvalue weighted by molar-refractivity contribution is 5.81. The highest BCUT2D eigenvalue weighted by atomic mass is 19.1. The Balaban J connectivity index is 1.28. The fourth-order valence-corrected chi connectivity index (χ4v) is 5.25. The Bertz CT molecular complexity index is 1100. The molecule has 0 spiro atoms. The fourth-order valence-electron chi connectivity index (χ4n) is 5.25. The van der Waals surface area contributed by atoms with Gasteiger partial charge >= 0.3 is 12.0 Å². The van der Waals surface area contributed by atoms with Crippen LogP contribution >= 0.6 is 0 Å². The number of carbonyl (C=O) groups is 1. The number of nitrogen functional groups attached to an aromatic ring is 1. The van der Waals surface area contributed by atoms with E-state index in [2.05, 4.69) is 27.8 Å². The standard InChI is InChI=1S/C30H46FN5O4/c1-3-5-6-7-8-9-10-11-12-13-14-15-16-17-18-19-25(38)39-21-30(4-2)23(37)20-24(40-30)36-22-33-26-27(32)34-29(31)35-28(26)36/h2,22-24,37H,3,5-21H2,1H3,(H2,32,34,35)/t23-,24+,30+/m0/s1. The van der Waals surface area contributed by atoms with Gasteiger partial charge in [0.05, 0.1) is 6.33 Å². The van der Waals surface area contributed by atoms with E-state index in [1.54, 1.807) is 0 Å². The number of anilines is 1. The number of halogens is 1. The minimum Gasteiger partial charge on any atom is -0.461 e. The summed E-state index contributed by atoms with van der Waals surface area (Å²) in [6, 6.07) is 0. The van der Waals surface area contributed by atoms with Crippen LogP contribution in [0.4, 0.5) is 10.2 Å². The van der Waals surface area contributed by atoms with Crippen molar-refractivity contribution in [2.24, 2.45) is 0 Å². The van der Waals surface area contributed by atoms with Gasteiger partial charge in [0.25, 0.3) is 0 Å².